The highest BCUT2D eigenvalue weighted by Gasteiger charge is 2.18. The predicted molar refractivity (Wildman–Crippen MR) is 81.6 cm³/mol. The molecular formula is C14H27N3OS. The zero-order valence-corrected chi connectivity index (χ0v) is 12.8. The van der Waals surface area contributed by atoms with Crippen LogP contribution in [0.25, 0.3) is 0 Å². The molecule has 2 aliphatic rings. The van der Waals surface area contributed by atoms with Crippen LogP contribution in [0.15, 0.2) is 0 Å². The van der Waals surface area contributed by atoms with Gasteiger partial charge in [-0.3, -0.25) is 4.79 Å². The highest BCUT2D eigenvalue weighted by molar-refractivity contribution is 7.99. The van der Waals surface area contributed by atoms with Crippen molar-refractivity contribution in [2.75, 3.05) is 44.2 Å². The molecule has 2 fully saturated rings. The van der Waals surface area contributed by atoms with Crippen LogP contribution in [0.1, 0.15) is 26.2 Å². The Morgan fingerprint density at radius 3 is 2.95 bits per heavy atom. The number of carbonyl (C=O) groups is 1. The van der Waals surface area contributed by atoms with Gasteiger partial charge in [0.05, 0.1) is 0 Å². The van der Waals surface area contributed by atoms with Gasteiger partial charge in [-0.15, -0.1) is 0 Å². The van der Waals surface area contributed by atoms with Crippen LogP contribution in [0.2, 0.25) is 0 Å². The van der Waals surface area contributed by atoms with E-state index in [1.54, 1.807) is 0 Å². The Bertz CT molecular complexity index is 276. The molecule has 2 atom stereocenters. The lowest BCUT2D eigenvalue weighted by atomic mass is 10.1. The minimum absolute atomic E-state index is 0.202. The second-order valence-electron chi connectivity index (χ2n) is 5.85. The summed E-state index contributed by atoms with van der Waals surface area (Å²) in [5, 5.41) is 6.50. The Morgan fingerprint density at radius 1 is 1.47 bits per heavy atom. The molecule has 0 aliphatic carbocycles. The van der Waals surface area contributed by atoms with Gasteiger partial charge in [-0.05, 0) is 31.8 Å². The van der Waals surface area contributed by atoms with Gasteiger partial charge < -0.3 is 15.5 Å². The van der Waals surface area contributed by atoms with Crippen LogP contribution in [0.3, 0.4) is 0 Å². The van der Waals surface area contributed by atoms with Crippen molar-refractivity contribution in [3.8, 4) is 0 Å². The second-order valence-corrected chi connectivity index (χ2v) is 7.00. The summed E-state index contributed by atoms with van der Waals surface area (Å²) in [5.41, 5.74) is 0. The van der Waals surface area contributed by atoms with E-state index in [9.17, 15) is 4.79 Å². The molecule has 0 aromatic heterocycles. The first-order valence-electron chi connectivity index (χ1n) is 7.54. The average molecular weight is 285 g/mol. The molecule has 2 N–H and O–H groups in total. The lowest BCUT2D eigenvalue weighted by Gasteiger charge is -2.23. The fourth-order valence-corrected chi connectivity index (χ4v) is 3.75. The molecule has 19 heavy (non-hydrogen) atoms. The number of nitrogens with one attached hydrogen (secondary N) is 2. The Morgan fingerprint density at radius 2 is 2.26 bits per heavy atom. The number of rotatable bonds is 6. The van der Waals surface area contributed by atoms with E-state index in [1.807, 2.05) is 11.8 Å². The molecule has 0 aromatic carbocycles. The number of hydrogen-bond donors (Lipinski definition) is 2. The van der Waals surface area contributed by atoms with E-state index in [4.69, 9.17) is 0 Å². The maximum absolute atomic E-state index is 11.9. The lowest BCUT2D eigenvalue weighted by molar-refractivity contribution is -0.121. The maximum atomic E-state index is 11.9. The first kappa shape index (κ1) is 15.1. The van der Waals surface area contributed by atoms with Crippen molar-refractivity contribution >= 4 is 17.7 Å². The summed E-state index contributed by atoms with van der Waals surface area (Å²) in [5.74, 6) is 2.99. The molecule has 0 aromatic rings. The predicted octanol–water partition coefficient (Wildman–Crippen LogP) is 0.930. The van der Waals surface area contributed by atoms with Gasteiger partial charge in [0.15, 0.2) is 0 Å². The summed E-state index contributed by atoms with van der Waals surface area (Å²) in [6, 6.07) is 0.368. The van der Waals surface area contributed by atoms with Gasteiger partial charge >= 0.3 is 0 Å². The SMILES string of the molecule is CC(CNC(=O)CC1CSCCN1)CN1CCCC1. The summed E-state index contributed by atoms with van der Waals surface area (Å²) < 4.78 is 0. The van der Waals surface area contributed by atoms with Crippen molar-refractivity contribution in [3.63, 3.8) is 0 Å². The number of nitrogens with zero attached hydrogens (tertiary/aromatic N) is 1. The third-order valence-corrected chi connectivity index (χ3v) is 4.98. The number of amides is 1. The summed E-state index contributed by atoms with van der Waals surface area (Å²) in [6.45, 7) is 7.68. The van der Waals surface area contributed by atoms with Crippen LogP contribution in [0.5, 0.6) is 0 Å². The molecule has 2 aliphatic heterocycles. The fraction of sp³-hybridized carbons (Fsp3) is 0.929. The van der Waals surface area contributed by atoms with Crippen molar-refractivity contribution in [2.45, 2.75) is 32.2 Å². The van der Waals surface area contributed by atoms with E-state index in [-0.39, 0.29) is 5.91 Å². The van der Waals surface area contributed by atoms with Crippen LogP contribution in [-0.4, -0.2) is 61.1 Å². The standard InChI is InChI=1S/C14H27N3OS/c1-12(10-17-5-2-3-6-17)9-16-14(18)8-13-11-19-7-4-15-13/h12-13,15H,2-11H2,1H3,(H,16,18). The minimum Gasteiger partial charge on any atom is -0.356 e. The van der Waals surface area contributed by atoms with E-state index in [0.29, 0.717) is 18.4 Å². The molecule has 110 valence electrons. The number of thioether (sulfide) groups is 1. The van der Waals surface area contributed by atoms with Crippen LogP contribution in [0.4, 0.5) is 0 Å². The first-order chi connectivity index (χ1) is 9.24. The third-order valence-electron chi connectivity index (χ3n) is 3.85. The molecule has 0 bridgehead atoms. The minimum atomic E-state index is 0.202. The first-order valence-corrected chi connectivity index (χ1v) is 8.69. The largest absolute Gasteiger partial charge is 0.356 e. The monoisotopic (exact) mass is 285 g/mol. The Balaban J connectivity index is 1.56. The Hall–Kier alpha value is -0.260. The van der Waals surface area contributed by atoms with Gasteiger partial charge in [0.1, 0.15) is 0 Å². The summed E-state index contributed by atoms with van der Waals surface area (Å²) in [7, 11) is 0. The van der Waals surface area contributed by atoms with E-state index < -0.39 is 0 Å². The second kappa shape index (κ2) is 8.12. The van der Waals surface area contributed by atoms with Crippen LogP contribution < -0.4 is 10.6 Å². The smallest absolute Gasteiger partial charge is 0.221 e. The molecule has 2 heterocycles. The molecular weight excluding hydrogens is 258 g/mol. The van der Waals surface area contributed by atoms with Crippen molar-refractivity contribution in [3.05, 3.63) is 0 Å². The topological polar surface area (TPSA) is 44.4 Å². The number of likely N-dealkylation sites (tertiary alicyclic amines) is 1. The number of hydrogen-bond acceptors (Lipinski definition) is 4. The highest BCUT2D eigenvalue weighted by Crippen LogP contribution is 2.11. The van der Waals surface area contributed by atoms with E-state index in [1.165, 1.54) is 31.7 Å². The van der Waals surface area contributed by atoms with Gasteiger partial charge in [0, 0.05) is 43.6 Å². The average Bonchev–Trinajstić information content (AvgIpc) is 2.90. The molecule has 2 saturated heterocycles. The van der Waals surface area contributed by atoms with E-state index in [0.717, 1.165) is 25.4 Å². The van der Waals surface area contributed by atoms with Gasteiger partial charge in [-0.25, -0.2) is 0 Å². The van der Waals surface area contributed by atoms with Crippen LogP contribution >= 0.6 is 11.8 Å². The molecule has 2 unspecified atom stereocenters. The summed E-state index contributed by atoms with van der Waals surface area (Å²) >= 11 is 1.94. The molecule has 0 saturated carbocycles. The van der Waals surface area contributed by atoms with E-state index >= 15 is 0 Å². The number of carbonyl (C=O) groups excluding carboxylic acids is 1. The van der Waals surface area contributed by atoms with E-state index in [2.05, 4.69) is 22.5 Å². The quantitative estimate of drug-likeness (QED) is 0.762. The van der Waals surface area contributed by atoms with Crippen molar-refractivity contribution in [2.24, 2.45) is 5.92 Å². The maximum Gasteiger partial charge on any atom is 0.221 e. The lowest BCUT2D eigenvalue weighted by Crippen LogP contribution is -2.42. The van der Waals surface area contributed by atoms with Gasteiger partial charge in [0.25, 0.3) is 0 Å². The van der Waals surface area contributed by atoms with Crippen molar-refractivity contribution in [1.82, 2.24) is 15.5 Å². The highest BCUT2D eigenvalue weighted by atomic mass is 32.2. The van der Waals surface area contributed by atoms with Crippen molar-refractivity contribution < 1.29 is 4.79 Å². The molecule has 0 spiro atoms. The molecule has 5 heteroatoms. The fourth-order valence-electron chi connectivity index (χ4n) is 2.81. The van der Waals surface area contributed by atoms with Gasteiger partial charge in [-0.1, -0.05) is 6.92 Å². The third kappa shape index (κ3) is 5.71. The molecule has 2 rings (SSSR count). The molecule has 1 amide bonds. The van der Waals surface area contributed by atoms with Gasteiger partial charge in [0.2, 0.25) is 5.91 Å². The Labute approximate surface area is 121 Å². The Kier molecular flexibility index (Phi) is 6.47. The van der Waals surface area contributed by atoms with Crippen LogP contribution in [0, 0.1) is 5.92 Å². The summed E-state index contributed by atoms with van der Waals surface area (Å²) in [6.07, 6.45) is 3.30. The zero-order valence-electron chi connectivity index (χ0n) is 12.0. The zero-order chi connectivity index (χ0) is 13.5. The summed E-state index contributed by atoms with van der Waals surface area (Å²) in [4.78, 5) is 14.4. The van der Waals surface area contributed by atoms with Gasteiger partial charge in [-0.2, -0.15) is 11.8 Å². The van der Waals surface area contributed by atoms with Crippen LogP contribution in [-0.2, 0) is 4.79 Å². The molecule has 4 nitrogen and oxygen atoms in total. The molecule has 0 radical (unpaired) electrons. The van der Waals surface area contributed by atoms with Crippen molar-refractivity contribution in [1.29, 1.82) is 0 Å². The normalized spacial score (nSPS) is 26.3.